The van der Waals surface area contributed by atoms with Crippen LogP contribution >= 0.6 is 0 Å². The maximum atomic E-state index is 13.1. The minimum absolute atomic E-state index is 0.525. The van der Waals surface area contributed by atoms with Crippen molar-refractivity contribution >= 4 is 0 Å². The van der Waals surface area contributed by atoms with Gasteiger partial charge in [-0.3, -0.25) is 0 Å². The summed E-state index contributed by atoms with van der Waals surface area (Å²) < 4.78 is 26.3. The lowest BCUT2D eigenvalue weighted by molar-refractivity contribution is 0.0394. The second-order valence-corrected chi connectivity index (χ2v) is 4.48. The van der Waals surface area contributed by atoms with Gasteiger partial charge in [0.25, 0.3) is 6.43 Å². The van der Waals surface area contributed by atoms with Gasteiger partial charge in [-0.2, -0.15) is 0 Å². The highest BCUT2D eigenvalue weighted by Crippen LogP contribution is 2.28. The van der Waals surface area contributed by atoms with Crippen LogP contribution < -0.4 is 5.32 Å². The summed E-state index contributed by atoms with van der Waals surface area (Å²) in [5.41, 5.74) is 0.595. The Kier molecular flexibility index (Phi) is 5.06. The average Bonchev–Trinajstić information content (AvgIpc) is 2.30. The van der Waals surface area contributed by atoms with Gasteiger partial charge in [0.15, 0.2) is 0 Å². The fourth-order valence-corrected chi connectivity index (χ4v) is 1.98. The first-order chi connectivity index (χ1) is 8.04. The molecule has 17 heavy (non-hydrogen) atoms. The van der Waals surface area contributed by atoms with E-state index in [1.54, 1.807) is 19.1 Å². The van der Waals surface area contributed by atoms with E-state index in [0.717, 1.165) is 12.8 Å². The molecule has 0 amide bonds. The van der Waals surface area contributed by atoms with E-state index in [1.165, 1.54) is 5.56 Å². The molecule has 0 aliphatic heterocycles. The number of benzene rings is 1. The summed E-state index contributed by atoms with van der Waals surface area (Å²) >= 11 is 0. The zero-order valence-electron chi connectivity index (χ0n) is 10.8. The first-order valence-corrected chi connectivity index (χ1v) is 6.17. The summed E-state index contributed by atoms with van der Waals surface area (Å²) in [7, 11) is 0. The minimum atomic E-state index is -2.42. The van der Waals surface area contributed by atoms with Gasteiger partial charge in [0, 0.05) is 0 Å². The third-order valence-corrected chi connectivity index (χ3v) is 3.07. The largest absolute Gasteiger partial charge is 0.303 e. The lowest BCUT2D eigenvalue weighted by atomic mass is 9.91. The van der Waals surface area contributed by atoms with E-state index in [4.69, 9.17) is 0 Å². The molecule has 1 aromatic carbocycles. The predicted molar refractivity (Wildman–Crippen MR) is 67.5 cm³/mol. The summed E-state index contributed by atoms with van der Waals surface area (Å²) in [6.07, 6.45) is -0.356. The molecule has 0 radical (unpaired) electrons. The highest BCUT2D eigenvalue weighted by Gasteiger charge is 2.35. The Hall–Kier alpha value is -0.960. The second-order valence-electron chi connectivity index (χ2n) is 4.48. The van der Waals surface area contributed by atoms with Gasteiger partial charge in [0.2, 0.25) is 0 Å². The third-order valence-electron chi connectivity index (χ3n) is 3.07. The molecule has 0 aromatic heterocycles. The molecular formula is C14H21F2N. The van der Waals surface area contributed by atoms with Crippen LogP contribution in [0.5, 0.6) is 0 Å². The number of alkyl halides is 2. The van der Waals surface area contributed by atoms with Gasteiger partial charge < -0.3 is 5.32 Å². The van der Waals surface area contributed by atoms with Crippen LogP contribution in [0.25, 0.3) is 0 Å². The summed E-state index contributed by atoms with van der Waals surface area (Å²) in [6, 6.07) is 7.49. The van der Waals surface area contributed by atoms with Gasteiger partial charge in [-0.15, -0.1) is 0 Å². The molecule has 96 valence electrons. The van der Waals surface area contributed by atoms with Gasteiger partial charge in [0.1, 0.15) is 5.54 Å². The average molecular weight is 241 g/mol. The lowest BCUT2D eigenvalue weighted by Gasteiger charge is -2.30. The highest BCUT2D eigenvalue weighted by atomic mass is 19.3. The van der Waals surface area contributed by atoms with E-state index in [2.05, 4.69) is 12.2 Å². The second kappa shape index (κ2) is 6.10. The molecule has 1 nitrogen and oxygen atoms in total. The lowest BCUT2D eigenvalue weighted by Crippen LogP contribution is -2.45. The van der Waals surface area contributed by atoms with Gasteiger partial charge in [-0.1, -0.05) is 44.5 Å². The van der Waals surface area contributed by atoms with E-state index in [-0.39, 0.29) is 0 Å². The zero-order valence-corrected chi connectivity index (χ0v) is 10.8. The van der Waals surface area contributed by atoms with Crippen molar-refractivity contribution in [2.75, 3.05) is 6.54 Å². The van der Waals surface area contributed by atoms with Crippen molar-refractivity contribution in [1.82, 2.24) is 5.32 Å². The molecule has 0 saturated heterocycles. The standard InChI is InChI=1S/C14H21F2N/c1-4-6-11-7-9-12(10-8-11)14(3,13(15)16)17-5-2/h7-10,13,17H,4-6H2,1-3H3. The Morgan fingerprint density at radius 1 is 1.18 bits per heavy atom. The van der Waals surface area contributed by atoms with E-state index in [9.17, 15) is 8.78 Å². The maximum Gasteiger partial charge on any atom is 0.260 e. The molecule has 0 fully saturated rings. The zero-order chi connectivity index (χ0) is 12.9. The Labute approximate surface area is 102 Å². The molecular weight excluding hydrogens is 220 g/mol. The molecule has 0 aliphatic carbocycles. The van der Waals surface area contributed by atoms with E-state index < -0.39 is 12.0 Å². The Balaban J connectivity index is 2.95. The summed E-state index contributed by atoms with van der Waals surface area (Å²) in [5, 5.41) is 2.88. The topological polar surface area (TPSA) is 12.0 Å². The minimum Gasteiger partial charge on any atom is -0.303 e. The van der Waals surface area contributed by atoms with Crippen molar-refractivity contribution in [2.24, 2.45) is 0 Å². The highest BCUT2D eigenvalue weighted by molar-refractivity contribution is 5.29. The number of rotatable bonds is 6. The number of hydrogen-bond donors (Lipinski definition) is 1. The van der Waals surface area contributed by atoms with Gasteiger partial charge >= 0.3 is 0 Å². The van der Waals surface area contributed by atoms with Crippen LogP contribution in [0, 0.1) is 0 Å². The Morgan fingerprint density at radius 2 is 1.76 bits per heavy atom. The Morgan fingerprint density at radius 3 is 2.18 bits per heavy atom. The maximum absolute atomic E-state index is 13.1. The molecule has 1 unspecified atom stereocenters. The number of nitrogens with one attached hydrogen (secondary N) is 1. The fraction of sp³-hybridized carbons (Fsp3) is 0.571. The van der Waals surface area contributed by atoms with Crippen molar-refractivity contribution < 1.29 is 8.78 Å². The molecule has 0 spiro atoms. The van der Waals surface area contributed by atoms with Crippen LogP contribution in [0.3, 0.4) is 0 Å². The molecule has 0 heterocycles. The van der Waals surface area contributed by atoms with Crippen LogP contribution in [0.1, 0.15) is 38.3 Å². The normalized spacial score (nSPS) is 14.9. The van der Waals surface area contributed by atoms with E-state index in [0.29, 0.717) is 12.1 Å². The molecule has 1 aromatic rings. The van der Waals surface area contributed by atoms with Gasteiger partial charge in [-0.05, 0) is 31.0 Å². The number of hydrogen-bond acceptors (Lipinski definition) is 1. The Bertz CT molecular complexity index is 335. The van der Waals surface area contributed by atoms with Crippen molar-refractivity contribution in [3.05, 3.63) is 35.4 Å². The smallest absolute Gasteiger partial charge is 0.260 e. The summed E-state index contributed by atoms with van der Waals surface area (Å²) in [5.74, 6) is 0. The third kappa shape index (κ3) is 3.25. The van der Waals surface area contributed by atoms with Crippen LogP contribution in [0.2, 0.25) is 0 Å². The predicted octanol–water partition coefficient (Wildman–Crippen LogP) is 3.73. The molecule has 3 heteroatoms. The van der Waals surface area contributed by atoms with Crippen molar-refractivity contribution in [1.29, 1.82) is 0 Å². The molecule has 0 aliphatic rings. The van der Waals surface area contributed by atoms with Gasteiger partial charge in [-0.25, -0.2) is 8.78 Å². The number of halogens is 2. The monoisotopic (exact) mass is 241 g/mol. The quantitative estimate of drug-likeness (QED) is 0.800. The van der Waals surface area contributed by atoms with E-state index in [1.807, 2.05) is 19.1 Å². The van der Waals surface area contributed by atoms with Crippen LogP contribution in [-0.2, 0) is 12.0 Å². The molecule has 1 atom stereocenters. The molecule has 0 saturated carbocycles. The summed E-state index contributed by atoms with van der Waals surface area (Å²) in [6.45, 7) is 6.02. The van der Waals surface area contributed by atoms with E-state index >= 15 is 0 Å². The summed E-state index contributed by atoms with van der Waals surface area (Å²) in [4.78, 5) is 0. The van der Waals surface area contributed by atoms with Crippen LogP contribution in [0.4, 0.5) is 8.78 Å². The fourth-order valence-electron chi connectivity index (χ4n) is 1.98. The molecule has 1 N–H and O–H groups in total. The van der Waals surface area contributed by atoms with Crippen molar-refractivity contribution in [2.45, 2.75) is 45.6 Å². The van der Waals surface area contributed by atoms with Gasteiger partial charge in [0.05, 0.1) is 0 Å². The van der Waals surface area contributed by atoms with Crippen LogP contribution in [-0.4, -0.2) is 13.0 Å². The SMILES string of the molecule is CCCc1ccc(C(C)(NCC)C(F)F)cc1. The number of aryl methyl sites for hydroxylation is 1. The van der Waals surface area contributed by atoms with Crippen LogP contribution in [0.15, 0.2) is 24.3 Å². The first kappa shape index (κ1) is 14.1. The molecule has 1 rings (SSSR count). The van der Waals surface area contributed by atoms with Crippen molar-refractivity contribution in [3.63, 3.8) is 0 Å². The molecule has 0 bridgehead atoms. The van der Waals surface area contributed by atoms with Crippen molar-refractivity contribution in [3.8, 4) is 0 Å². The first-order valence-electron chi connectivity index (χ1n) is 6.17.